The predicted octanol–water partition coefficient (Wildman–Crippen LogP) is 5.86. The summed E-state index contributed by atoms with van der Waals surface area (Å²) in [4.78, 5) is 0. The van der Waals surface area contributed by atoms with Crippen molar-refractivity contribution < 1.29 is 0 Å². The van der Waals surface area contributed by atoms with Crippen LogP contribution in [0.5, 0.6) is 0 Å². The number of aryl methyl sites for hydroxylation is 1. The van der Waals surface area contributed by atoms with Crippen molar-refractivity contribution in [3.8, 4) is 0 Å². The molecule has 0 spiro atoms. The van der Waals surface area contributed by atoms with Gasteiger partial charge in [0.1, 0.15) is 0 Å². The van der Waals surface area contributed by atoms with Crippen molar-refractivity contribution in [3.05, 3.63) is 68.1 Å². The molecule has 1 N–H and O–H groups in total. The third-order valence-corrected chi connectivity index (χ3v) is 4.80. The molecule has 0 radical (unpaired) electrons. The monoisotopic (exact) mass is 409 g/mol. The minimum absolute atomic E-state index is 0.211. The lowest BCUT2D eigenvalue weighted by Crippen LogP contribution is -2.23. The molecule has 1 atom stereocenters. The van der Waals surface area contributed by atoms with Gasteiger partial charge in [0.25, 0.3) is 0 Å². The van der Waals surface area contributed by atoms with Crippen LogP contribution in [0.2, 0.25) is 0 Å². The minimum atomic E-state index is 0.211. The lowest BCUT2D eigenvalue weighted by Gasteiger charge is -2.21. The largest absolute Gasteiger partial charge is 0.306 e. The van der Waals surface area contributed by atoms with Crippen LogP contribution in [-0.4, -0.2) is 6.54 Å². The molecule has 0 aliphatic heterocycles. The highest BCUT2D eigenvalue weighted by Gasteiger charge is 2.16. The molecule has 2 rings (SSSR count). The normalized spacial score (nSPS) is 12.4. The third-order valence-electron chi connectivity index (χ3n) is 3.59. The maximum atomic E-state index is 3.69. The Labute approximate surface area is 144 Å². The smallest absolute Gasteiger partial charge is 0.0588 e. The Kier molecular flexibility index (Phi) is 6.46. The number of hydrogen-bond donors (Lipinski definition) is 1. The van der Waals surface area contributed by atoms with E-state index in [0.717, 1.165) is 28.3 Å². The van der Waals surface area contributed by atoms with Crippen LogP contribution in [0.15, 0.2) is 51.4 Å². The second-order valence-corrected chi connectivity index (χ2v) is 6.92. The SMILES string of the molecule is CCCNC(c1ccc(CC)cc1)c1cc(Br)ccc1Br. The number of benzene rings is 2. The van der Waals surface area contributed by atoms with Crippen molar-refractivity contribution >= 4 is 31.9 Å². The Hall–Kier alpha value is -0.640. The fraction of sp³-hybridized carbons (Fsp3) is 0.333. The van der Waals surface area contributed by atoms with Gasteiger partial charge in [0, 0.05) is 8.95 Å². The van der Waals surface area contributed by atoms with Crippen molar-refractivity contribution in [2.24, 2.45) is 0 Å². The summed E-state index contributed by atoms with van der Waals surface area (Å²) in [6, 6.07) is 15.5. The highest BCUT2D eigenvalue weighted by molar-refractivity contribution is 9.11. The quantitative estimate of drug-likeness (QED) is 0.628. The van der Waals surface area contributed by atoms with Gasteiger partial charge in [-0.3, -0.25) is 0 Å². The van der Waals surface area contributed by atoms with E-state index in [0.29, 0.717) is 0 Å². The van der Waals surface area contributed by atoms with E-state index in [1.54, 1.807) is 0 Å². The summed E-state index contributed by atoms with van der Waals surface area (Å²) < 4.78 is 2.24. The van der Waals surface area contributed by atoms with E-state index in [1.807, 2.05) is 0 Å². The Morgan fingerprint density at radius 2 is 1.71 bits per heavy atom. The van der Waals surface area contributed by atoms with Gasteiger partial charge in [0.05, 0.1) is 6.04 Å². The van der Waals surface area contributed by atoms with Gasteiger partial charge in [-0.25, -0.2) is 0 Å². The molecule has 0 aromatic heterocycles. The number of rotatable bonds is 6. The lowest BCUT2D eigenvalue weighted by molar-refractivity contribution is 0.596. The van der Waals surface area contributed by atoms with Gasteiger partial charge in [0.15, 0.2) is 0 Å². The summed E-state index contributed by atoms with van der Waals surface area (Å²) in [6.07, 6.45) is 2.20. The summed E-state index contributed by atoms with van der Waals surface area (Å²) in [5.74, 6) is 0. The fourth-order valence-corrected chi connectivity index (χ4v) is 3.23. The summed E-state index contributed by atoms with van der Waals surface area (Å²) in [6.45, 7) is 5.38. The third kappa shape index (κ3) is 4.41. The van der Waals surface area contributed by atoms with Gasteiger partial charge >= 0.3 is 0 Å². The van der Waals surface area contributed by atoms with E-state index in [-0.39, 0.29) is 6.04 Å². The molecule has 0 fully saturated rings. The van der Waals surface area contributed by atoms with Crippen molar-refractivity contribution in [3.63, 3.8) is 0 Å². The van der Waals surface area contributed by atoms with Crippen molar-refractivity contribution in [1.29, 1.82) is 0 Å². The highest BCUT2D eigenvalue weighted by Crippen LogP contribution is 2.31. The Morgan fingerprint density at radius 1 is 1.00 bits per heavy atom. The molecule has 0 amide bonds. The van der Waals surface area contributed by atoms with Crippen LogP contribution in [0.25, 0.3) is 0 Å². The molecule has 0 aliphatic carbocycles. The Bertz CT molecular complexity index is 578. The van der Waals surface area contributed by atoms with Crippen LogP contribution in [0.4, 0.5) is 0 Å². The minimum Gasteiger partial charge on any atom is -0.306 e. The summed E-state index contributed by atoms with van der Waals surface area (Å²) in [7, 11) is 0. The maximum absolute atomic E-state index is 3.69. The second kappa shape index (κ2) is 8.11. The first-order valence-electron chi connectivity index (χ1n) is 7.42. The van der Waals surface area contributed by atoms with Gasteiger partial charge in [-0.15, -0.1) is 0 Å². The average Bonchev–Trinajstić information content (AvgIpc) is 2.51. The van der Waals surface area contributed by atoms with Gasteiger partial charge in [-0.2, -0.15) is 0 Å². The van der Waals surface area contributed by atoms with E-state index in [9.17, 15) is 0 Å². The zero-order chi connectivity index (χ0) is 15.2. The zero-order valence-corrected chi connectivity index (χ0v) is 15.7. The molecular formula is C18H21Br2N. The summed E-state index contributed by atoms with van der Waals surface area (Å²) >= 11 is 7.27. The molecule has 0 saturated heterocycles. The van der Waals surface area contributed by atoms with Crippen molar-refractivity contribution in [2.75, 3.05) is 6.54 Å². The second-order valence-electron chi connectivity index (χ2n) is 5.15. The first-order valence-corrected chi connectivity index (χ1v) is 9.01. The number of nitrogens with one attached hydrogen (secondary N) is 1. The topological polar surface area (TPSA) is 12.0 Å². The highest BCUT2D eigenvalue weighted by atomic mass is 79.9. The molecular weight excluding hydrogens is 390 g/mol. The van der Waals surface area contributed by atoms with E-state index in [4.69, 9.17) is 0 Å². The van der Waals surface area contributed by atoms with Gasteiger partial charge in [-0.1, -0.05) is 70.0 Å². The zero-order valence-electron chi connectivity index (χ0n) is 12.5. The van der Waals surface area contributed by atoms with E-state index >= 15 is 0 Å². The molecule has 2 aromatic carbocycles. The van der Waals surface area contributed by atoms with Gasteiger partial charge in [0.2, 0.25) is 0 Å². The van der Waals surface area contributed by atoms with Crippen molar-refractivity contribution in [2.45, 2.75) is 32.7 Å². The number of halogens is 2. The first kappa shape index (κ1) is 16.7. The van der Waals surface area contributed by atoms with E-state index in [2.05, 4.69) is 93.5 Å². The van der Waals surface area contributed by atoms with Crippen LogP contribution < -0.4 is 5.32 Å². The van der Waals surface area contributed by atoms with Crippen LogP contribution in [-0.2, 0) is 6.42 Å². The van der Waals surface area contributed by atoms with Crippen LogP contribution >= 0.6 is 31.9 Å². The van der Waals surface area contributed by atoms with Crippen molar-refractivity contribution in [1.82, 2.24) is 5.32 Å². The van der Waals surface area contributed by atoms with Crippen LogP contribution in [0.3, 0.4) is 0 Å². The molecule has 0 saturated carbocycles. The first-order chi connectivity index (χ1) is 10.2. The predicted molar refractivity (Wildman–Crippen MR) is 97.8 cm³/mol. The molecule has 3 heteroatoms. The lowest BCUT2D eigenvalue weighted by atomic mass is 9.97. The fourth-order valence-electron chi connectivity index (χ4n) is 2.38. The molecule has 21 heavy (non-hydrogen) atoms. The maximum Gasteiger partial charge on any atom is 0.0588 e. The Balaban J connectivity index is 2.38. The van der Waals surface area contributed by atoms with Gasteiger partial charge in [-0.05, 0) is 54.3 Å². The molecule has 2 aromatic rings. The molecule has 0 heterocycles. The molecule has 1 unspecified atom stereocenters. The molecule has 1 nitrogen and oxygen atoms in total. The van der Waals surface area contributed by atoms with Gasteiger partial charge < -0.3 is 5.32 Å². The van der Waals surface area contributed by atoms with E-state index in [1.165, 1.54) is 16.7 Å². The van der Waals surface area contributed by atoms with Crippen LogP contribution in [0.1, 0.15) is 43.0 Å². The van der Waals surface area contributed by atoms with E-state index < -0.39 is 0 Å². The average molecular weight is 411 g/mol. The number of hydrogen-bond acceptors (Lipinski definition) is 1. The summed E-state index contributed by atoms with van der Waals surface area (Å²) in [5, 5.41) is 3.66. The molecule has 0 bridgehead atoms. The summed E-state index contributed by atoms with van der Waals surface area (Å²) in [5.41, 5.74) is 3.95. The van der Waals surface area contributed by atoms with Crippen LogP contribution in [0, 0.1) is 0 Å². The molecule has 112 valence electrons. The Morgan fingerprint density at radius 3 is 2.33 bits per heavy atom. The molecule has 0 aliphatic rings. The standard InChI is InChI=1S/C18H21Br2N/c1-3-11-21-18(14-7-5-13(4-2)6-8-14)16-12-15(19)9-10-17(16)20/h5-10,12,18,21H,3-4,11H2,1-2H3.